The van der Waals surface area contributed by atoms with Gasteiger partial charge in [0.15, 0.2) is 11.6 Å². The van der Waals surface area contributed by atoms with Gasteiger partial charge in [0.2, 0.25) is 0 Å². The van der Waals surface area contributed by atoms with Crippen molar-refractivity contribution in [2.75, 3.05) is 5.73 Å². The Balaban J connectivity index is 2.44. The van der Waals surface area contributed by atoms with Crippen LogP contribution in [-0.2, 0) is 0 Å². The summed E-state index contributed by atoms with van der Waals surface area (Å²) < 4.78 is 20.3. The Kier molecular flexibility index (Phi) is 4.18. The number of hydrogen-bond donors (Lipinski definition) is 2. The summed E-state index contributed by atoms with van der Waals surface area (Å²) in [5.41, 5.74) is 6.99. The first-order chi connectivity index (χ1) is 9.79. The molecule has 2 rings (SSSR count). The monoisotopic (exact) mass is 353 g/mol. The van der Waals surface area contributed by atoms with Crippen LogP contribution in [-0.4, -0.2) is 11.1 Å². The van der Waals surface area contributed by atoms with Crippen molar-refractivity contribution in [2.24, 2.45) is 0 Å². The van der Waals surface area contributed by atoms with Crippen LogP contribution in [0.4, 0.5) is 10.1 Å². The summed E-state index contributed by atoms with van der Waals surface area (Å²) in [6.45, 7) is 3.76. The van der Waals surface area contributed by atoms with Gasteiger partial charge in [-0.3, -0.25) is 0 Å². The number of rotatable bonds is 3. The van der Waals surface area contributed by atoms with Crippen LogP contribution in [0.2, 0.25) is 0 Å². The molecule has 0 spiro atoms. The Morgan fingerprint density at radius 3 is 2.33 bits per heavy atom. The van der Waals surface area contributed by atoms with Crippen molar-refractivity contribution in [3.05, 3.63) is 51.2 Å². The highest BCUT2D eigenvalue weighted by Crippen LogP contribution is 2.32. The molecular weight excluding hydrogens is 341 g/mol. The highest BCUT2D eigenvalue weighted by atomic mass is 79.9. The van der Waals surface area contributed by atoms with Crippen molar-refractivity contribution in [3.8, 4) is 11.5 Å². The van der Waals surface area contributed by atoms with Crippen LogP contribution in [0.25, 0.3) is 0 Å². The van der Waals surface area contributed by atoms with Crippen molar-refractivity contribution in [2.45, 2.75) is 13.8 Å². The molecule has 0 aliphatic carbocycles. The second-order valence-electron chi connectivity index (χ2n) is 4.65. The zero-order valence-electron chi connectivity index (χ0n) is 11.4. The summed E-state index contributed by atoms with van der Waals surface area (Å²) in [4.78, 5) is 11.0. The van der Waals surface area contributed by atoms with E-state index in [4.69, 9.17) is 15.6 Å². The minimum absolute atomic E-state index is 0.143. The fraction of sp³-hybridized carbons (Fsp3) is 0.133. The van der Waals surface area contributed by atoms with Crippen LogP contribution in [0.3, 0.4) is 0 Å². The van der Waals surface area contributed by atoms with Crippen LogP contribution >= 0.6 is 15.9 Å². The maximum atomic E-state index is 13.9. The second kappa shape index (κ2) is 5.73. The van der Waals surface area contributed by atoms with E-state index < -0.39 is 11.8 Å². The average Bonchev–Trinajstić information content (AvgIpc) is 2.38. The summed E-state index contributed by atoms with van der Waals surface area (Å²) in [5, 5.41) is 9.01. The van der Waals surface area contributed by atoms with Crippen molar-refractivity contribution in [3.63, 3.8) is 0 Å². The molecule has 0 fully saturated rings. The van der Waals surface area contributed by atoms with Gasteiger partial charge in [0.05, 0.1) is 5.56 Å². The van der Waals surface area contributed by atoms with Gasteiger partial charge in [0.1, 0.15) is 5.75 Å². The first-order valence-electron chi connectivity index (χ1n) is 6.06. The van der Waals surface area contributed by atoms with E-state index in [0.717, 1.165) is 27.7 Å². The summed E-state index contributed by atoms with van der Waals surface area (Å²) in [7, 11) is 0. The van der Waals surface area contributed by atoms with E-state index in [1.54, 1.807) is 12.1 Å². The number of carboxylic acid groups (broad SMARTS) is 1. The van der Waals surface area contributed by atoms with Gasteiger partial charge in [0.25, 0.3) is 0 Å². The van der Waals surface area contributed by atoms with Gasteiger partial charge in [0, 0.05) is 22.3 Å². The van der Waals surface area contributed by atoms with Gasteiger partial charge in [-0.25, -0.2) is 9.18 Å². The Hall–Kier alpha value is -2.08. The van der Waals surface area contributed by atoms with Crippen LogP contribution < -0.4 is 10.5 Å². The summed E-state index contributed by atoms with van der Waals surface area (Å²) in [5.74, 6) is -1.70. The van der Waals surface area contributed by atoms with Crippen molar-refractivity contribution >= 4 is 27.6 Å². The van der Waals surface area contributed by atoms with E-state index in [2.05, 4.69) is 15.9 Å². The molecule has 0 aliphatic rings. The number of hydrogen-bond acceptors (Lipinski definition) is 3. The summed E-state index contributed by atoms with van der Waals surface area (Å²) in [6, 6.07) is 5.48. The van der Waals surface area contributed by atoms with Gasteiger partial charge in [-0.05, 0) is 37.1 Å². The molecule has 110 valence electrons. The number of carbonyl (C=O) groups is 1. The van der Waals surface area contributed by atoms with Crippen molar-refractivity contribution in [1.82, 2.24) is 0 Å². The molecule has 0 saturated carbocycles. The lowest BCUT2D eigenvalue weighted by Gasteiger charge is -2.12. The average molecular weight is 354 g/mol. The van der Waals surface area contributed by atoms with Crippen LogP contribution in [0.1, 0.15) is 21.5 Å². The normalized spacial score (nSPS) is 10.5. The van der Waals surface area contributed by atoms with E-state index in [0.29, 0.717) is 5.75 Å². The highest BCUT2D eigenvalue weighted by molar-refractivity contribution is 9.10. The maximum absolute atomic E-state index is 13.9. The third-order valence-corrected chi connectivity index (χ3v) is 4.22. The van der Waals surface area contributed by atoms with Gasteiger partial charge in [-0.1, -0.05) is 15.9 Å². The minimum atomic E-state index is -1.24. The molecule has 0 radical (unpaired) electrons. The molecule has 3 N–H and O–H groups in total. The lowest BCUT2D eigenvalue weighted by atomic mass is 10.1. The van der Waals surface area contributed by atoms with Crippen LogP contribution in [0.5, 0.6) is 11.5 Å². The second-order valence-corrected chi connectivity index (χ2v) is 5.44. The first kappa shape index (κ1) is 15.3. The lowest BCUT2D eigenvalue weighted by Crippen LogP contribution is -2.04. The number of carboxylic acids is 1. The summed E-state index contributed by atoms with van der Waals surface area (Å²) in [6.07, 6.45) is 0. The number of halogens is 2. The molecule has 6 heteroatoms. The molecule has 0 saturated heterocycles. The third-order valence-electron chi connectivity index (χ3n) is 2.97. The zero-order valence-corrected chi connectivity index (χ0v) is 13.0. The molecule has 2 aromatic carbocycles. The van der Waals surface area contributed by atoms with Gasteiger partial charge in [-0.15, -0.1) is 0 Å². The molecule has 0 aromatic heterocycles. The number of anilines is 1. The van der Waals surface area contributed by atoms with Crippen LogP contribution in [0, 0.1) is 19.7 Å². The largest absolute Gasteiger partial charge is 0.478 e. The third kappa shape index (κ3) is 3.16. The van der Waals surface area contributed by atoms with E-state index in [9.17, 15) is 9.18 Å². The zero-order chi connectivity index (χ0) is 15.7. The summed E-state index contributed by atoms with van der Waals surface area (Å²) >= 11 is 3.43. The smallest absolute Gasteiger partial charge is 0.337 e. The van der Waals surface area contributed by atoms with Gasteiger partial charge < -0.3 is 15.6 Å². The minimum Gasteiger partial charge on any atom is -0.478 e. The number of aryl methyl sites for hydroxylation is 2. The highest BCUT2D eigenvalue weighted by Gasteiger charge is 2.15. The molecule has 0 aliphatic heterocycles. The molecule has 0 amide bonds. The number of benzene rings is 2. The van der Waals surface area contributed by atoms with Crippen molar-refractivity contribution < 1.29 is 19.0 Å². The maximum Gasteiger partial charge on any atom is 0.337 e. The topological polar surface area (TPSA) is 72.5 Å². The van der Waals surface area contributed by atoms with E-state index >= 15 is 0 Å². The standard InChI is InChI=1S/C15H13BrFNO3/c1-7-3-9(4-8(2)14(7)16)21-13-5-10(15(19)20)12(18)6-11(13)17/h3-6H,18H2,1-2H3,(H,19,20). The van der Waals surface area contributed by atoms with Crippen molar-refractivity contribution in [1.29, 1.82) is 0 Å². The molecule has 2 aromatic rings. The van der Waals surface area contributed by atoms with E-state index in [1.807, 2.05) is 13.8 Å². The molecule has 0 bridgehead atoms. The van der Waals surface area contributed by atoms with Gasteiger partial charge >= 0.3 is 5.97 Å². The molecule has 21 heavy (non-hydrogen) atoms. The predicted octanol–water partition coefficient (Wildman–Crippen LogP) is 4.28. The predicted molar refractivity (Wildman–Crippen MR) is 81.5 cm³/mol. The molecule has 4 nitrogen and oxygen atoms in total. The van der Waals surface area contributed by atoms with E-state index in [1.165, 1.54) is 0 Å². The molecule has 0 heterocycles. The SMILES string of the molecule is Cc1cc(Oc2cc(C(=O)O)c(N)cc2F)cc(C)c1Br. The van der Waals surface area contributed by atoms with Gasteiger partial charge in [-0.2, -0.15) is 0 Å². The number of aromatic carboxylic acids is 1. The molecule has 0 atom stereocenters. The van der Waals surface area contributed by atoms with E-state index in [-0.39, 0.29) is 17.0 Å². The fourth-order valence-electron chi connectivity index (χ4n) is 1.92. The molecule has 0 unspecified atom stereocenters. The number of nitrogen functional groups attached to an aromatic ring is 1. The first-order valence-corrected chi connectivity index (χ1v) is 6.86. The number of ether oxygens (including phenoxy) is 1. The fourth-order valence-corrected chi connectivity index (χ4v) is 2.15. The Bertz CT molecular complexity index is 708. The Morgan fingerprint density at radius 1 is 1.24 bits per heavy atom. The number of nitrogens with two attached hydrogens (primary N) is 1. The van der Waals surface area contributed by atoms with Crippen LogP contribution in [0.15, 0.2) is 28.7 Å². The lowest BCUT2D eigenvalue weighted by molar-refractivity contribution is 0.0697. The quantitative estimate of drug-likeness (QED) is 0.807. The Morgan fingerprint density at radius 2 is 1.81 bits per heavy atom. The molecular formula is C15H13BrFNO3. The Labute approximate surface area is 129 Å².